The standard InChI is InChI=1S/C25H31N5O/c1-17-8-4-5-9-18(17)16-23(31)26-19-12-14-20(15-13-19)27-25-28-22-11-7-6-10-21(22)24(29-25)30(2)3/h4-11,19-20H,12-16H2,1-3H3,(H,26,31)(H,27,28,29)/t19-,20+. The van der Waals surface area contributed by atoms with E-state index in [4.69, 9.17) is 9.97 Å². The molecule has 3 aromatic rings. The molecule has 0 bridgehead atoms. The van der Waals surface area contributed by atoms with Gasteiger partial charge in [-0.3, -0.25) is 4.79 Å². The van der Waals surface area contributed by atoms with Crippen LogP contribution in [0.15, 0.2) is 48.5 Å². The van der Waals surface area contributed by atoms with Gasteiger partial charge in [0.2, 0.25) is 11.9 Å². The van der Waals surface area contributed by atoms with Crippen LogP contribution in [0.4, 0.5) is 11.8 Å². The van der Waals surface area contributed by atoms with Crippen LogP contribution in [0.3, 0.4) is 0 Å². The highest BCUT2D eigenvalue weighted by molar-refractivity contribution is 5.90. The third-order valence-electron chi connectivity index (χ3n) is 6.04. The van der Waals surface area contributed by atoms with Crippen molar-refractivity contribution >= 4 is 28.6 Å². The van der Waals surface area contributed by atoms with E-state index in [0.29, 0.717) is 18.4 Å². The average Bonchev–Trinajstić information content (AvgIpc) is 2.76. The van der Waals surface area contributed by atoms with E-state index in [-0.39, 0.29) is 11.9 Å². The molecule has 2 aromatic carbocycles. The van der Waals surface area contributed by atoms with Crippen molar-refractivity contribution in [2.45, 2.75) is 51.1 Å². The zero-order valence-electron chi connectivity index (χ0n) is 18.6. The summed E-state index contributed by atoms with van der Waals surface area (Å²) in [4.78, 5) is 24.0. The second kappa shape index (κ2) is 9.33. The normalized spacial score (nSPS) is 18.5. The lowest BCUT2D eigenvalue weighted by molar-refractivity contribution is -0.121. The monoisotopic (exact) mass is 417 g/mol. The SMILES string of the molecule is Cc1ccccc1CC(=O)N[C@H]1CC[C@@H](Nc2nc(N(C)C)c3ccccc3n2)CC1. The van der Waals surface area contributed by atoms with E-state index in [2.05, 4.69) is 29.7 Å². The Labute approximate surface area is 184 Å². The largest absolute Gasteiger partial charge is 0.362 e. The molecule has 0 spiro atoms. The number of anilines is 2. The van der Waals surface area contributed by atoms with Gasteiger partial charge >= 0.3 is 0 Å². The number of benzene rings is 2. The van der Waals surface area contributed by atoms with Crippen molar-refractivity contribution < 1.29 is 4.79 Å². The minimum atomic E-state index is 0.110. The Bertz CT molecular complexity index is 1060. The zero-order chi connectivity index (χ0) is 21.8. The minimum Gasteiger partial charge on any atom is -0.362 e. The molecule has 1 aliphatic rings. The van der Waals surface area contributed by atoms with Gasteiger partial charge in [-0.25, -0.2) is 4.98 Å². The lowest BCUT2D eigenvalue weighted by Gasteiger charge is -2.30. The zero-order valence-corrected chi connectivity index (χ0v) is 18.6. The van der Waals surface area contributed by atoms with Crippen molar-refractivity contribution in [2.24, 2.45) is 0 Å². The van der Waals surface area contributed by atoms with Crippen molar-refractivity contribution in [1.29, 1.82) is 0 Å². The van der Waals surface area contributed by atoms with Gasteiger partial charge in [0.25, 0.3) is 0 Å². The molecule has 1 amide bonds. The highest BCUT2D eigenvalue weighted by Crippen LogP contribution is 2.26. The Morgan fingerprint density at radius 3 is 2.39 bits per heavy atom. The maximum absolute atomic E-state index is 12.5. The molecule has 0 atom stereocenters. The molecule has 0 aliphatic heterocycles. The highest BCUT2D eigenvalue weighted by Gasteiger charge is 2.23. The lowest BCUT2D eigenvalue weighted by atomic mass is 9.91. The Balaban J connectivity index is 1.33. The summed E-state index contributed by atoms with van der Waals surface area (Å²) in [6.45, 7) is 2.05. The summed E-state index contributed by atoms with van der Waals surface area (Å²) in [5, 5.41) is 7.80. The van der Waals surface area contributed by atoms with Crippen LogP contribution in [-0.4, -0.2) is 42.1 Å². The number of fused-ring (bicyclic) bond motifs is 1. The van der Waals surface area contributed by atoms with Crippen LogP contribution >= 0.6 is 0 Å². The van der Waals surface area contributed by atoms with E-state index in [9.17, 15) is 4.79 Å². The van der Waals surface area contributed by atoms with Gasteiger partial charge in [0.15, 0.2) is 0 Å². The van der Waals surface area contributed by atoms with Crippen LogP contribution in [0.25, 0.3) is 10.9 Å². The van der Waals surface area contributed by atoms with Gasteiger partial charge < -0.3 is 15.5 Å². The molecule has 0 unspecified atom stereocenters. The van der Waals surface area contributed by atoms with E-state index in [1.807, 2.05) is 55.4 Å². The van der Waals surface area contributed by atoms with Crippen molar-refractivity contribution in [3.8, 4) is 0 Å². The number of aromatic nitrogens is 2. The number of amides is 1. The molecule has 1 aliphatic carbocycles. The van der Waals surface area contributed by atoms with Crippen molar-refractivity contribution in [2.75, 3.05) is 24.3 Å². The van der Waals surface area contributed by atoms with Crippen LogP contribution in [0, 0.1) is 6.92 Å². The number of hydrogen-bond donors (Lipinski definition) is 2. The molecule has 0 saturated heterocycles. The van der Waals surface area contributed by atoms with Gasteiger partial charge in [0, 0.05) is 31.6 Å². The molecule has 6 nitrogen and oxygen atoms in total. The van der Waals surface area contributed by atoms with E-state index < -0.39 is 0 Å². The van der Waals surface area contributed by atoms with E-state index in [1.165, 1.54) is 0 Å². The van der Waals surface area contributed by atoms with Gasteiger partial charge in [-0.1, -0.05) is 36.4 Å². The second-order valence-electron chi connectivity index (χ2n) is 8.65. The Morgan fingerprint density at radius 1 is 0.968 bits per heavy atom. The molecule has 1 aromatic heterocycles. The minimum absolute atomic E-state index is 0.110. The molecule has 6 heteroatoms. The van der Waals surface area contributed by atoms with Crippen LogP contribution in [0.5, 0.6) is 0 Å². The lowest BCUT2D eigenvalue weighted by Crippen LogP contribution is -2.41. The Morgan fingerprint density at radius 2 is 1.65 bits per heavy atom. The first-order valence-corrected chi connectivity index (χ1v) is 11.0. The quantitative estimate of drug-likeness (QED) is 0.632. The second-order valence-corrected chi connectivity index (χ2v) is 8.65. The molecule has 2 N–H and O–H groups in total. The van der Waals surface area contributed by atoms with Gasteiger partial charge in [-0.05, 0) is 55.9 Å². The van der Waals surface area contributed by atoms with Gasteiger partial charge in [0.05, 0.1) is 11.9 Å². The number of nitrogens with zero attached hydrogens (tertiary/aromatic N) is 3. The third-order valence-corrected chi connectivity index (χ3v) is 6.04. The third kappa shape index (κ3) is 5.13. The number of carbonyl (C=O) groups is 1. The first-order valence-electron chi connectivity index (χ1n) is 11.0. The number of nitrogens with one attached hydrogen (secondary N) is 2. The molecular formula is C25H31N5O. The molecule has 162 valence electrons. The van der Waals surface area contributed by atoms with Crippen LogP contribution in [0.1, 0.15) is 36.8 Å². The number of hydrogen-bond acceptors (Lipinski definition) is 5. The van der Waals surface area contributed by atoms with E-state index in [0.717, 1.165) is 53.5 Å². The summed E-state index contributed by atoms with van der Waals surface area (Å²) in [6, 6.07) is 16.7. The Hall–Kier alpha value is -3.15. The van der Waals surface area contributed by atoms with E-state index in [1.54, 1.807) is 0 Å². The first-order chi connectivity index (χ1) is 15.0. The number of rotatable bonds is 6. The fourth-order valence-corrected chi connectivity index (χ4v) is 4.29. The van der Waals surface area contributed by atoms with Crippen molar-refractivity contribution in [3.05, 3.63) is 59.7 Å². The van der Waals surface area contributed by atoms with Crippen molar-refractivity contribution in [1.82, 2.24) is 15.3 Å². The van der Waals surface area contributed by atoms with Gasteiger partial charge in [-0.15, -0.1) is 0 Å². The predicted molar refractivity (Wildman–Crippen MR) is 127 cm³/mol. The summed E-state index contributed by atoms with van der Waals surface area (Å²) < 4.78 is 0. The summed E-state index contributed by atoms with van der Waals surface area (Å²) >= 11 is 0. The van der Waals surface area contributed by atoms with Crippen LogP contribution in [0.2, 0.25) is 0 Å². The molecule has 1 heterocycles. The highest BCUT2D eigenvalue weighted by atomic mass is 16.1. The Kier molecular flexibility index (Phi) is 6.35. The molecular weight excluding hydrogens is 386 g/mol. The smallest absolute Gasteiger partial charge is 0.225 e. The number of carbonyl (C=O) groups excluding carboxylic acids is 1. The summed E-state index contributed by atoms with van der Waals surface area (Å²) in [6.07, 6.45) is 4.35. The summed E-state index contributed by atoms with van der Waals surface area (Å²) in [5.74, 6) is 1.71. The number of para-hydroxylation sites is 1. The van der Waals surface area contributed by atoms with Crippen LogP contribution < -0.4 is 15.5 Å². The van der Waals surface area contributed by atoms with Crippen molar-refractivity contribution in [3.63, 3.8) is 0 Å². The predicted octanol–water partition coefficient (Wildman–Crippen LogP) is 4.09. The molecule has 1 saturated carbocycles. The summed E-state index contributed by atoms with van der Waals surface area (Å²) in [5.41, 5.74) is 3.21. The summed E-state index contributed by atoms with van der Waals surface area (Å²) in [7, 11) is 4.01. The van der Waals surface area contributed by atoms with E-state index >= 15 is 0 Å². The molecule has 31 heavy (non-hydrogen) atoms. The number of aryl methyl sites for hydroxylation is 1. The topological polar surface area (TPSA) is 70.2 Å². The maximum Gasteiger partial charge on any atom is 0.225 e. The van der Waals surface area contributed by atoms with Gasteiger partial charge in [-0.2, -0.15) is 4.98 Å². The first kappa shape index (κ1) is 21.1. The van der Waals surface area contributed by atoms with Crippen LogP contribution in [-0.2, 0) is 11.2 Å². The fraction of sp³-hybridized carbons (Fsp3) is 0.400. The fourth-order valence-electron chi connectivity index (χ4n) is 4.29. The molecule has 1 fully saturated rings. The van der Waals surface area contributed by atoms with Gasteiger partial charge in [0.1, 0.15) is 5.82 Å². The maximum atomic E-state index is 12.5. The molecule has 4 rings (SSSR count). The average molecular weight is 418 g/mol. The molecule has 0 radical (unpaired) electrons.